The minimum atomic E-state index is -0.192. The van der Waals surface area contributed by atoms with Crippen LogP contribution in [-0.2, 0) is 4.79 Å². The van der Waals surface area contributed by atoms with E-state index in [0.717, 1.165) is 24.1 Å². The fourth-order valence-electron chi connectivity index (χ4n) is 2.50. The molecule has 1 unspecified atom stereocenters. The van der Waals surface area contributed by atoms with Crippen molar-refractivity contribution in [2.75, 3.05) is 5.32 Å². The first-order chi connectivity index (χ1) is 12.1. The summed E-state index contributed by atoms with van der Waals surface area (Å²) in [6.45, 7) is 1.90. The Bertz CT molecular complexity index is 816. The van der Waals surface area contributed by atoms with Gasteiger partial charge in [-0.25, -0.2) is 0 Å². The van der Waals surface area contributed by atoms with Crippen LogP contribution < -0.4 is 10.6 Å². The van der Waals surface area contributed by atoms with Gasteiger partial charge in [0, 0.05) is 17.2 Å². The van der Waals surface area contributed by atoms with Crippen molar-refractivity contribution < 1.29 is 9.59 Å². The minimum absolute atomic E-state index is 0.0786. The van der Waals surface area contributed by atoms with Crippen LogP contribution in [0.5, 0.6) is 0 Å². The third-order valence-electron chi connectivity index (χ3n) is 4.25. The zero-order valence-corrected chi connectivity index (χ0v) is 14.0. The third kappa shape index (κ3) is 4.24. The Kier molecular flexibility index (Phi) is 4.80. The number of nitrogens with one attached hydrogen (secondary N) is 2. The van der Waals surface area contributed by atoms with Crippen molar-refractivity contribution in [2.24, 2.45) is 5.92 Å². The fourth-order valence-corrected chi connectivity index (χ4v) is 2.50. The van der Waals surface area contributed by atoms with E-state index in [0.29, 0.717) is 11.1 Å². The molecule has 1 aliphatic rings. The molecule has 0 spiro atoms. The Labute approximate surface area is 146 Å². The first-order valence-electron chi connectivity index (χ1n) is 8.28. The number of carbonyl (C=O) groups excluding carboxylic acids is 2. The summed E-state index contributed by atoms with van der Waals surface area (Å²) in [4.78, 5) is 24.0. The second-order valence-electron chi connectivity index (χ2n) is 6.27. The van der Waals surface area contributed by atoms with Gasteiger partial charge in [0.25, 0.3) is 5.91 Å². The summed E-state index contributed by atoms with van der Waals surface area (Å²) < 4.78 is 0. The molecule has 25 heavy (non-hydrogen) atoms. The SMILES string of the molecule is CC(NC(=O)c1ccc(C#N)cc1)c1ccc(NC(=O)C2CC2)cc1. The summed E-state index contributed by atoms with van der Waals surface area (Å²) in [5.74, 6) is 0.0586. The monoisotopic (exact) mass is 333 g/mol. The first kappa shape index (κ1) is 16.7. The van der Waals surface area contributed by atoms with Gasteiger partial charge in [-0.2, -0.15) is 5.26 Å². The summed E-state index contributed by atoms with van der Waals surface area (Å²) in [5.41, 5.74) is 2.75. The highest BCUT2D eigenvalue weighted by atomic mass is 16.2. The van der Waals surface area contributed by atoms with E-state index >= 15 is 0 Å². The quantitative estimate of drug-likeness (QED) is 0.880. The van der Waals surface area contributed by atoms with E-state index < -0.39 is 0 Å². The fraction of sp³-hybridized carbons (Fsp3) is 0.250. The molecule has 0 aliphatic heterocycles. The Morgan fingerprint density at radius 1 is 1.08 bits per heavy atom. The summed E-state index contributed by atoms with van der Waals surface area (Å²) in [5, 5.41) is 14.6. The van der Waals surface area contributed by atoms with Gasteiger partial charge >= 0.3 is 0 Å². The molecular formula is C20H19N3O2. The van der Waals surface area contributed by atoms with E-state index in [9.17, 15) is 9.59 Å². The lowest BCUT2D eigenvalue weighted by Gasteiger charge is -2.15. The van der Waals surface area contributed by atoms with Crippen molar-refractivity contribution in [2.45, 2.75) is 25.8 Å². The lowest BCUT2D eigenvalue weighted by Crippen LogP contribution is -2.26. The summed E-state index contributed by atoms with van der Waals surface area (Å²) >= 11 is 0. The van der Waals surface area contributed by atoms with Gasteiger partial charge in [0.2, 0.25) is 5.91 Å². The molecule has 2 aromatic carbocycles. The summed E-state index contributed by atoms with van der Waals surface area (Å²) in [7, 11) is 0. The van der Waals surface area contributed by atoms with Gasteiger partial charge in [-0.05, 0) is 61.7 Å². The Morgan fingerprint density at radius 3 is 2.28 bits per heavy atom. The zero-order chi connectivity index (χ0) is 17.8. The van der Waals surface area contributed by atoms with Crippen LogP contribution in [0.3, 0.4) is 0 Å². The Balaban J connectivity index is 1.59. The van der Waals surface area contributed by atoms with Crippen LogP contribution in [-0.4, -0.2) is 11.8 Å². The summed E-state index contributed by atoms with van der Waals surface area (Å²) in [6, 6.07) is 15.9. The van der Waals surface area contributed by atoms with Crippen molar-refractivity contribution in [3.63, 3.8) is 0 Å². The van der Waals surface area contributed by atoms with E-state index in [1.807, 2.05) is 37.3 Å². The lowest BCUT2D eigenvalue weighted by molar-refractivity contribution is -0.117. The number of rotatable bonds is 5. The van der Waals surface area contributed by atoms with Gasteiger partial charge in [0.05, 0.1) is 17.7 Å². The van der Waals surface area contributed by atoms with Crippen LogP contribution >= 0.6 is 0 Å². The number of hydrogen-bond acceptors (Lipinski definition) is 3. The highest BCUT2D eigenvalue weighted by Crippen LogP contribution is 2.30. The highest BCUT2D eigenvalue weighted by molar-refractivity contribution is 5.95. The van der Waals surface area contributed by atoms with Gasteiger partial charge in [0.1, 0.15) is 0 Å². The number of benzene rings is 2. The van der Waals surface area contributed by atoms with Gasteiger partial charge in [-0.15, -0.1) is 0 Å². The van der Waals surface area contributed by atoms with Crippen molar-refractivity contribution in [3.8, 4) is 6.07 Å². The van der Waals surface area contributed by atoms with E-state index in [-0.39, 0.29) is 23.8 Å². The predicted octanol–water partition coefficient (Wildman–Crippen LogP) is 3.40. The molecular weight excluding hydrogens is 314 g/mol. The van der Waals surface area contributed by atoms with Crippen LogP contribution in [0.25, 0.3) is 0 Å². The van der Waals surface area contributed by atoms with Gasteiger partial charge < -0.3 is 10.6 Å². The highest BCUT2D eigenvalue weighted by Gasteiger charge is 2.29. The van der Waals surface area contributed by atoms with E-state index in [1.54, 1.807) is 24.3 Å². The summed E-state index contributed by atoms with van der Waals surface area (Å²) in [6.07, 6.45) is 1.95. The average Bonchev–Trinajstić information content (AvgIpc) is 3.47. The van der Waals surface area contributed by atoms with Crippen molar-refractivity contribution in [3.05, 3.63) is 65.2 Å². The van der Waals surface area contributed by atoms with E-state index in [2.05, 4.69) is 10.6 Å². The van der Waals surface area contributed by atoms with E-state index in [1.165, 1.54) is 0 Å². The maximum atomic E-state index is 12.3. The number of nitrogens with zero attached hydrogens (tertiary/aromatic N) is 1. The standard InChI is InChI=1S/C20H19N3O2/c1-13(22-19(24)16-4-2-14(12-21)3-5-16)15-8-10-18(11-9-15)23-20(25)17-6-7-17/h2-5,8-11,13,17H,6-7H2,1H3,(H,22,24)(H,23,25). The largest absolute Gasteiger partial charge is 0.346 e. The minimum Gasteiger partial charge on any atom is -0.346 e. The van der Waals surface area contributed by atoms with Gasteiger partial charge in [-0.3, -0.25) is 9.59 Å². The molecule has 0 bridgehead atoms. The van der Waals surface area contributed by atoms with Crippen molar-refractivity contribution >= 4 is 17.5 Å². The average molecular weight is 333 g/mol. The molecule has 1 aliphatic carbocycles. The zero-order valence-electron chi connectivity index (χ0n) is 14.0. The van der Waals surface area contributed by atoms with Crippen LogP contribution in [0.15, 0.2) is 48.5 Å². The number of anilines is 1. The van der Waals surface area contributed by atoms with Crippen LogP contribution in [0.1, 0.15) is 47.3 Å². The molecule has 1 atom stereocenters. The molecule has 5 nitrogen and oxygen atoms in total. The van der Waals surface area contributed by atoms with Crippen LogP contribution in [0.2, 0.25) is 0 Å². The molecule has 0 radical (unpaired) electrons. The van der Waals surface area contributed by atoms with Gasteiger partial charge in [0.15, 0.2) is 0 Å². The smallest absolute Gasteiger partial charge is 0.251 e. The van der Waals surface area contributed by atoms with Crippen molar-refractivity contribution in [1.82, 2.24) is 5.32 Å². The molecule has 2 amide bonds. The Hall–Kier alpha value is -3.13. The molecule has 2 aromatic rings. The first-order valence-corrected chi connectivity index (χ1v) is 8.28. The molecule has 0 heterocycles. The Morgan fingerprint density at radius 2 is 1.72 bits per heavy atom. The molecule has 3 rings (SSSR count). The maximum absolute atomic E-state index is 12.3. The van der Waals surface area contributed by atoms with Crippen LogP contribution in [0.4, 0.5) is 5.69 Å². The van der Waals surface area contributed by atoms with Gasteiger partial charge in [-0.1, -0.05) is 12.1 Å². The molecule has 0 aromatic heterocycles. The normalized spacial score (nSPS) is 14.2. The second-order valence-corrected chi connectivity index (χ2v) is 6.27. The molecule has 5 heteroatoms. The number of amides is 2. The van der Waals surface area contributed by atoms with Crippen LogP contribution in [0, 0.1) is 17.2 Å². The molecule has 1 saturated carbocycles. The number of carbonyl (C=O) groups is 2. The maximum Gasteiger partial charge on any atom is 0.251 e. The van der Waals surface area contributed by atoms with Crippen molar-refractivity contribution in [1.29, 1.82) is 5.26 Å². The predicted molar refractivity (Wildman–Crippen MR) is 94.8 cm³/mol. The number of hydrogen-bond donors (Lipinski definition) is 2. The topological polar surface area (TPSA) is 82.0 Å². The molecule has 2 N–H and O–H groups in total. The van der Waals surface area contributed by atoms with E-state index in [4.69, 9.17) is 5.26 Å². The molecule has 0 saturated heterocycles. The molecule has 126 valence electrons. The third-order valence-corrected chi connectivity index (χ3v) is 4.25. The molecule has 1 fully saturated rings. The second kappa shape index (κ2) is 7.18. The lowest BCUT2D eigenvalue weighted by atomic mass is 10.1. The number of nitriles is 1.